The van der Waals surface area contributed by atoms with Crippen molar-refractivity contribution in [2.24, 2.45) is 5.92 Å². The number of carbonyl (C=O) groups excluding carboxylic acids is 4. The van der Waals surface area contributed by atoms with E-state index < -0.39 is 35.3 Å². The number of hydrogen-bond donors (Lipinski definition) is 3. The van der Waals surface area contributed by atoms with Crippen LogP contribution >= 0.6 is 0 Å². The molecule has 5 aromatic rings. The van der Waals surface area contributed by atoms with E-state index in [2.05, 4.69) is 49.1 Å². The molecule has 3 fully saturated rings. The fourth-order valence-corrected chi connectivity index (χ4v) is 8.82. The number of pyridine rings is 1. The molecule has 0 radical (unpaired) electrons. The summed E-state index contributed by atoms with van der Waals surface area (Å²) in [5, 5.41) is 16.5. The predicted molar refractivity (Wildman–Crippen MR) is 223 cm³/mol. The van der Waals surface area contributed by atoms with Gasteiger partial charge in [0.05, 0.1) is 23.4 Å². The zero-order valence-corrected chi connectivity index (χ0v) is 33.5. The summed E-state index contributed by atoms with van der Waals surface area (Å²) in [6.45, 7) is 12.1. The molecule has 16 nitrogen and oxygen atoms in total. The predicted octanol–water partition coefficient (Wildman–Crippen LogP) is 3.85. The van der Waals surface area contributed by atoms with Crippen LogP contribution in [0.25, 0.3) is 16.9 Å². The van der Waals surface area contributed by atoms with Crippen molar-refractivity contribution in [1.82, 2.24) is 39.4 Å². The molecule has 1 atom stereocenters. The van der Waals surface area contributed by atoms with Gasteiger partial charge in [0.15, 0.2) is 11.5 Å². The molecular formula is C44H46N10O6. The van der Waals surface area contributed by atoms with E-state index in [1.54, 1.807) is 54.9 Å². The van der Waals surface area contributed by atoms with Crippen molar-refractivity contribution < 1.29 is 24.3 Å². The second-order valence-electron chi connectivity index (χ2n) is 16.6. The number of imide groups is 2. The normalized spacial score (nSPS) is 19.1. The number of allylic oxidation sites excluding steroid dienone is 1. The van der Waals surface area contributed by atoms with Gasteiger partial charge >= 0.3 is 0 Å². The number of aliphatic hydroxyl groups is 1. The number of likely N-dealkylation sites (tertiary alicyclic amines) is 1. The number of aromatic nitrogens is 5. The molecule has 4 amide bonds. The molecule has 2 aromatic carbocycles. The van der Waals surface area contributed by atoms with Gasteiger partial charge < -0.3 is 20.2 Å². The maximum absolute atomic E-state index is 13.4. The van der Waals surface area contributed by atoms with Crippen LogP contribution in [0.15, 0.2) is 84.3 Å². The van der Waals surface area contributed by atoms with E-state index in [9.17, 15) is 29.1 Å². The van der Waals surface area contributed by atoms with Gasteiger partial charge in [0.1, 0.15) is 17.0 Å². The average Bonchev–Trinajstić information content (AvgIpc) is 3.63. The monoisotopic (exact) mass is 810 g/mol. The minimum absolute atomic E-state index is 0.0883. The molecule has 3 N–H and O–H groups in total. The van der Waals surface area contributed by atoms with Gasteiger partial charge in [-0.3, -0.25) is 34.2 Å². The van der Waals surface area contributed by atoms with E-state index in [1.807, 2.05) is 18.2 Å². The third-order valence-electron chi connectivity index (χ3n) is 12.0. The summed E-state index contributed by atoms with van der Waals surface area (Å²) in [5.74, 6) is -0.286. The van der Waals surface area contributed by atoms with Gasteiger partial charge in [-0.05, 0) is 100 Å². The van der Waals surface area contributed by atoms with E-state index >= 15 is 0 Å². The van der Waals surface area contributed by atoms with Crippen LogP contribution in [0, 0.1) is 5.92 Å². The number of hydrogen-bond acceptors (Lipinski definition) is 12. The van der Waals surface area contributed by atoms with Crippen molar-refractivity contribution in [3.8, 4) is 5.82 Å². The summed E-state index contributed by atoms with van der Waals surface area (Å²) in [4.78, 5) is 83.4. The molecule has 0 spiro atoms. The van der Waals surface area contributed by atoms with Crippen LogP contribution in [0.5, 0.6) is 0 Å². The Morgan fingerprint density at radius 3 is 2.40 bits per heavy atom. The van der Waals surface area contributed by atoms with Crippen LogP contribution in [-0.2, 0) is 21.7 Å². The quantitative estimate of drug-likeness (QED) is 0.129. The first-order chi connectivity index (χ1) is 28.9. The highest BCUT2D eigenvalue weighted by Crippen LogP contribution is 2.35. The van der Waals surface area contributed by atoms with Crippen molar-refractivity contribution in [1.29, 1.82) is 0 Å². The molecule has 3 aromatic heterocycles. The summed E-state index contributed by atoms with van der Waals surface area (Å²) >= 11 is 0. The van der Waals surface area contributed by atoms with E-state index in [4.69, 9.17) is 4.98 Å². The molecule has 0 aliphatic carbocycles. The van der Waals surface area contributed by atoms with Crippen molar-refractivity contribution >= 4 is 52.0 Å². The molecule has 4 aliphatic rings. The molecule has 4 aliphatic heterocycles. The standard InChI is InChI=1S/C44H46N10O6/c1-4-18-52-40(57)33-22-45-43(49-38(33)54(52)36-7-5-6-35(47-36)44(2,3)60)46-29-10-8-27(9-11-29)28-16-19-50(20-17-28)23-26-24-51(25-26)30-12-13-31-32(21-30)42(59)53(41(31)58)34-14-15-37(55)48-39(34)56/h4-13,21-22,26,28,34,60H,1,14-20,23-25H2,2-3H3,(H,45,46,49)(H,48,55,56). The Morgan fingerprint density at radius 1 is 0.933 bits per heavy atom. The Balaban J connectivity index is 0.792. The second-order valence-corrected chi connectivity index (χ2v) is 16.6. The molecule has 60 heavy (non-hydrogen) atoms. The van der Waals surface area contributed by atoms with Gasteiger partial charge in [-0.1, -0.05) is 24.3 Å². The lowest BCUT2D eigenvalue weighted by atomic mass is 9.88. The Bertz CT molecular complexity index is 2610. The smallest absolute Gasteiger partial charge is 0.278 e. The van der Waals surface area contributed by atoms with Gasteiger partial charge in [0, 0.05) is 49.5 Å². The van der Waals surface area contributed by atoms with Gasteiger partial charge in [-0.15, -0.1) is 6.58 Å². The second kappa shape index (κ2) is 15.3. The Kier molecular flexibility index (Phi) is 9.91. The number of benzene rings is 2. The highest BCUT2D eigenvalue weighted by Gasteiger charge is 2.45. The van der Waals surface area contributed by atoms with Crippen molar-refractivity contribution in [2.45, 2.75) is 63.6 Å². The number of rotatable bonds is 11. The number of amides is 4. The Hall–Kier alpha value is -6.52. The number of nitrogens with one attached hydrogen (secondary N) is 2. The summed E-state index contributed by atoms with van der Waals surface area (Å²) in [6.07, 6.45) is 5.47. The summed E-state index contributed by atoms with van der Waals surface area (Å²) in [7, 11) is 0. The number of carbonyl (C=O) groups is 4. The molecule has 3 saturated heterocycles. The minimum atomic E-state index is -1.18. The molecule has 0 saturated carbocycles. The summed E-state index contributed by atoms with van der Waals surface area (Å²) in [6, 6.07) is 18.0. The van der Waals surface area contributed by atoms with Gasteiger partial charge in [0.25, 0.3) is 17.4 Å². The SMILES string of the molecule is C=CCn1c(=O)c2cnc(Nc3ccc(C4CCN(CC5CN(c6ccc7c(c6)C(=O)N(C6CCC(=O)NC6=O)C7=O)C5)CC4)cc3)nc2n1-c1cccc(C(C)(C)O)n1. The van der Waals surface area contributed by atoms with Gasteiger partial charge in [0.2, 0.25) is 17.8 Å². The third-order valence-corrected chi connectivity index (χ3v) is 12.0. The zero-order chi connectivity index (χ0) is 41.9. The van der Waals surface area contributed by atoms with E-state index in [0.29, 0.717) is 51.5 Å². The van der Waals surface area contributed by atoms with Crippen molar-refractivity contribution in [2.75, 3.05) is 42.9 Å². The van der Waals surface area contributed by atoms with Crippen LogP contribution in [0.1, 0.15) is 77.4 Å². The van der Waals surface area contributed by atoms with E-state index in [1.165, 1.54) is 16.4 Å². The topological polar surface area (TPSA) is 188 Å². The Morgan fingerprint density at radius 2 is 1.68 bits per heavy atom. The molecule has 308 valence electrons. The maximum atomic E-state index is 13.4. The molecule has 0 bridgehead atoms. The average molecular weight is 811 g/mol. The van der Waals surface area contributed by atoms with E-state index in [0.717, 1.165) is 61.8 Å². The number of fused-ring (bicyclic) bond motifs is 2. The largest absolute Gasteiger partial charge is 0.384 e. The highest BCUT2D eigenvalue weighted by molar-refractivity contribution is 6.23. The fraction of sp³-hybridized carbons (Fsp3) is 0.364. The number of nitrogens with zero attached hydrogens (tertiary/aromatic N) is 8. The summed E-state index contributed by atoms with van der Waals surface area (Å²) < 4.78 is 3.14. The van der Waals surface area contributed by atoms with Crippen LogP contribution in [0.2, 0.25) is 0 Å². The maximum Gasteiger partial charge on any atom is 0.278 e. The van der Waals surface area contributed by atoms with Crippen LogP contribution < -0.4 is 21.1 Å². The van der Waals surface area contributed by atoms with E-state index in [-0.39, 0.29) is 24.9 Å². The van der Waals surface area contributed by atoms with Crippen molar-refractivity contribution in [3.05, 3.63) is 112 Å². The first-order valence-corrected chi connectivity index (χ1v) is 20.4. The molecule has 16 heteroatoms. The minimum Gasteiger partial charge on any atom is -0.384 e. The van der Waals surface area contributed by atoms with Crippen molar-refractivity contribution in [3.63, 3.8) is 0 Å². The third kappa shape index (κ3) is 7.15. The molecule has 1 unspecified atom stereocenters. The molecule has 7 heterocycles. The highest BCUT2D eigenvalue weighted by atomic mass is 16.3. The van der Waals surface area contributed by atoms with Crippen LogP contribution in [-0.4, -0.2) is 102 Å². The lowest BCUT2D eigenvalue weighted by Crippen LogP contribution is -2.54. The molecular weight excluding hydrogens is 765 g/mol. The Labute approximate surface area is 345 Å². The lowest BCUT2D eigenvalue weighted by Gasteiger charge is -2.44. The number of anilines is 3. The zero-order valence-electron chi connectivity index (χ0n) is 33.5. The lowest BCUT2D eigenvalue weighted by molar-refractivity contribution is -0.136. The first kappa shape index (κ1) is 39.0. The van der Waals surface area contributed by atoms with Crippen LogP contribution in [0.3, 0.4) is 0 Å². The molecule has 9 rings (SSSR count). The fourth-order valence-electron chi connectivity index (χ4n) is 8.82. The van der Waals surface area contributed by atoms with Gasteiger partial charge in [-0.2, -0.15) is 4.98 Å². The first-order valence-electron chi connectivity index (χ1n) is 20.4. The van der Waals surface area contributed by atoms with Crippen LogP contribution in [0.4, 0.5) is 17.3 Å². The summed E-state index contributed by atoms with van der Waals surface area (Å²) in [5.41, 5.74) is 2.97. The van der Waals surface area contributed by atoms with Gasteiger partial charge in [-0.25, -0.2) is 19.3 Å². The number of piperidine rings is 2.